The van der Waals surface area contributed by atoms with Crippen LogP contribution in [0.25, 0.3) is 0 Å². The average Bonchev–Trinajstić information content (AvgIpc) is 2.34. The number of hydrazine groups is 1. The van der Waals surface area contributed by atoms with Crippen molar-refractivity contribution in [1.29, 1.82) is 0 Å². The number of nitrogens with one attached hydrogen (secondary N) is 2. The van der Waals surface area contributed by atoms with Crippen molar-refractivity contribution in [1.82, 2.24) is 15.9 Å². The number of allylic oxidation sites excluding steroid dienone is 7. The van der Waals surface area contributed by atoms with Gasteiger partial charge in [-0.3, -0.25) is 0 Å². The number of guanidine groups is 1. The molecule has 0 saturated carbocycles. The first-order valence-electron chi connectivity index (χ1n) is 5.84. The van der Waals surface area contributed by atoms with E-state index in [4.69, 9.17) is 19.3 Å². The fourth-order valence-corrected chi connectivity index (χ4v) is 1.42. The smallest absolute Gasteiger partial charge is 0.210 e. The van der Waals surface area contributed by atoms with Gasteiger partial charge >= 0.3 is 0 Å². The molecular weight excluding hydrogens is 239 g/mol. The second kappa shape index (κ2) is 7.32. The third-order valence-corrected chi connectivity index (χ3v) is 2.42. The van der Waals surface area contributed by atoms with Crippen LogP contribution in [-0.2, 0) is 0 Å². The molecule has 1 aliphatic rings. The summed E-state index contributed by atoms with van der Waals surface area (Å²) in [5.41, 5.74) is 16.2. The number of hydrazone groups is 1. The predicted octanol–water partition coefficient (Wildman–Crippen LogP) is -0.389. The van der Waals surface area contributed by atoms with Crippen molar-refractivity contribution < 1.29 is 0 Å². The van der Waals surface area contributed by atoms with Gasteiger partial charge in [-0.25, -0.2) is 10.5 Å². The molecule has 1 rings (SSSR count). The molecule has 0 aliphatic heterocycles. The summed E-state index contributed by atoms with van der Waals surface area (Å²) in [6.07, 6.45) is 9.47. The van der Waals surface area contributed by atoms with Crippen molar-refractivity contribution in [2.45, 2.75) is 6.92 Å². The lowest BCUT2D eigenvalue weighted by molar-refractivity contribution is 0.207. The summed E-state index contributed by atoms with van der Waals surface area (Å²) in [5, 5.41) is 8.60. The van der Waals surface area contributed by atoms with Crippen molar-refractivity contribution in [3.63, 3.8) is 0 Å². The van der Waals surface area contributed by atoms with Crippen LogP contribution >= 0.6 is 0 Å². The van der Waals surface area contributed by atoms with Gasteiger partial charge in [-0.15, -0.1) is 5.10 Å². The van der Waals surface area contributed by atoms with E-state index in [0.29, 0.717) is 12.1 Å². The highest BCUT2D eigenvalue weighted by Crippen LogP contribution is 2.10. The molecule has 0 saturated heterocycles. The first-order chi connectivity index (χ1) is 9.02. The van der Waals surface area contributed by atoms with E-state index in [2.05, 4.69) is 15.8 Å². The van der Waals surface area contributed by atoms with E-state index in [1.807, 2.05) is 37.3 Å². The van der Waals surface area contributed by atoms with Crippen LogP contribution in [0.15, 0.2) is 52.2 Å². The molecule has 2 radical (unpaired) electrons. The zero-order valence-electron chi connectivity index (χ0n) is 11.2. The third-order valence-electron chi connectivity index (χ3n) is 2.42. The summed E-state index contributed by atoms with van der Waals surface area (Å²) in [6, 6.07) is 0. The molecule has 1 aliphatic carbocycles. The van der Waals surface area contributed by atoms with Gasteiger partial charge in [0, 0.05) is 12.7 Å². The maximum Gasteiger partial charge on any atom is 0.210 e. The maximum absolute atomic E-state index is 5.75. The lowest BCUT2D eigenvalue weighted by Gasteiger charge is -2.20. The van der Waals surface area contributed by atoms with Gasteiger partial charge in [0.25, 0.3) is 0 Å². The van der Waals surface area contributed by atoms with Crippen molar-refractivity contribution in [3.05, 3.63) is 47.1 Å². The maximum atomic E-state index is 5.75. The van der Waals surface area contributed by atoms with Gasteiger partial charge in [0.1, 0.15) is 14.5 Å². The Morgan fingerprint density at radius 1 is 1.37 bits per heavy atom. The monoisotopic (exact) mass is 258 g/mol. The Kier molecular flexibility index (Phi) is 5.75. The summed E-state index contributed by atoms with van der Waals surface area (Å²) < 4.78 is 0. The van der Waals surface area contributed by atoms with E-state index in [9.17, 15) is 0 Å². The minimum atomic E-state index is -0.0119. The van der Waals surface area contributed by atoms with Crippen LogP contribution in [0.1, 0.15) is 6.92 Å². The normalized spacial score (nSPS) is 20.0. The van der Waals surface area contributed by atoms with Crippen LogP contribution in [0.5, 0.6) is 0 Å². The Balaban J connectivity index is 2.72. The van der Waals surface area contributed by atoms with Gasteiger partial charge in [0.2, 0.25) is 5.96 Å². The topological polar surface area (TPSA) is 91.7 Å². The van der Waals surface area contributed by atoms with Crippen LogP contribution < -0.4 is 22.2 Å². The van der Waals surface area contributed by atoms with Crippen LogP contribution in [0.3, 0.4) is 0 Å². The lowest BCUT2D eigenvalue weighted by Crippen LogP contribution is -2.41. The number of hydrogen-bond acceptors (Lipinski definition) is 4. The molecule has 0 bridgehead atoms. The Morgan fingerprint density at radius 2 is 2.11 bits per heavy atom. The summed E-state index contributed by atoms with van der Waals surface area (Å²) in [6.45, 7) is 2.41. The highest BCUT2D eigenvalue weighted by molar-refractivity contribution is 6.23. The third kappa shape index (κ3) is 5.35. The van der Waals surface area contributed by atoms with Gasteiger partial charge < -0.3 is 16.8 Å². The van der Waals surface area contributed by atoms with Crippen LogP contribution in [0, 0.1) is 0 Å². The molecule has 0 fully saturated rings. The standard InChI is InChI=1S/C12H19BN6/c1-9-4-3-5-10(13)6-7-11(9)17-8-19(16-2)18-12(14)15/h3-7,16-17H,8H2,1-2H3,(H4,14,15,18)/b4-3?,5-3?,7-6?,9-4+,10-5?,10-6?,11-7+,11-9?. The molecule has 100 valence electrons. The van der Waals surface area contributed by atoms with Crippen LogP contribution in [0.2, 0.25) is 0 Å². The molecule has 6 nitrogen and oxygen atoms in total. The Bertz CT molecular complexity index is 457. The SMILES string of the molecule is [B]C1=C/C=C(NCN(N=C(N)N)NC)\C(C)=C\C=C1. The van der Waals surface area contributed by atoms with Crippen LogP contribution in [0.4, 0.5) is 0 Å². The molecular formula is C12H19BN6. The predicted molar refractivity (Wildman–Crippen MR) is 79.5 cm³/mol. The molecule has 19 heavy (non-hydrogen) atoms. The molecule has 0 unspecified atom stereocenters. The van der Waals surface area contributed by atoms with Crippen LogP contribution in [-0.4, -0.2) is 32.6 Å². The van der Waals surface area contributed by atoms with Gasteiger partial charge in [0.05, 0.1) is 0 Å². The largest absolute Gasteiger partial charge is 0.369 e. The summed E-state index contributed by atoms with van der Waals surface area (Å²) in [7, 11) is 7.48. The highest BCUT2D eigenvalue weighted by Gasteiger charge is 2.03. The number of hydrogen-bond donors (Lipinski definition) is 4. The zero-order valence-corrected chi connectivity index (χ0v) is 11.2. The van der Waals surface area contributed by atoms with Gasteiger partial charge in [-0.1, -0.05) is 29.8 Å². The second-order valence-electron chi connectivity index (χ2n) is 3.94. The average molecular weight is 258 g/mol. The van der Waals surface area contributed by atoms with Crippen molar-refractivity contribution in [2.75, 3.05) is 13.7 Å². The minimum absolute atomic E-state index is 0.0119. The Labute approximate surface area is 115 Å². The van der Waals surface area contributed by atoms with Crippen molar-refractivity contribution in [3.8, 4) is 0 Å². The molecule has 0 heterocycles. The molecule has 0 aromatic rings. The molecule has 0 atom stereocenters. The molecule has 0 aromatic carbocycles. The second-order valence-corrected chi connectivity index (χ2v) is 3.94. The van der Waals surface area contributed by atoms with E-state index < -0.39 is 0 Å². The lowest BCUT2D eigenvalue weighted by atomic mass is 9.93. The number of nitrogens with two attached hydrogens (primary N) is 2. The summed E-state index contributed by atoms with van der Waals surface area (Å²) >= 11 is 0. The number of rotatable bonds is 5. The summed E-state index contributed by atoms with van der Waals surface area (Å²) in [4.78, 5) is 0. The Morgan fingerprint density at radius 3 is 2.74 bits per heavy atom. The van der Waals surface area contributed by atoms with Gasteiger partial charge in [0.15, 0.2) is 0 Å². The molecule has 7 heteroatoms. The Hall–Kier alpha value is -2.15. The fraction of sp³-hybridized carbons (Fsp3) is 0.250. The first kappa shape index (κ1) is 14.9. The van der Waals surface area contributed by atoms with Crippen molar-refractivity contribution in [2.24, 2.45) is 16.6 Å². The zero-order chi connectivity index (χ0) is 14.3. The fourth-order valence-electron chi connectivity index (χ4n) is 1.42. The number of nitrogens with zero attached hydrogens (tertiary/aromatic N) is 2. The van der Waals surface area contributed by atoms with Gasteiger partial charge in [-0.05, 0) is 18.6 Å². The van der Waals surface area contributed by atoms with Gasteiger partial charge in [-0.2, -0.15) is 0 Å². The molecule has 0 aromatic heterocycles. The van der Waals surface area contributed by atoms with E-state index in [1.54, 1.807) is 7.05 Å². The molecule has 6 N–H and O–H groups in total. The minimum Gasteiger partial charge on any atom is -0.369 e. The molecule has 0 spiro atoms. The van der Waals surface area contributed by atoms with E-state index in [0.717, 1.165) is 11.3 Å². The highest BCUT2D eigenvalue weighted by atomic mass is 15.7. The van der Waals surface area contributed by atoms with Crippen molar-refractivity contribution >= 4 is 13.8 Å². The molecule has 0 amide bonds. The van der Waals surface area contributed by atoms with E-state index >= 15 is 0 Å². The first-order valence-corrected chi connectivity index (χ1v) is 5.84. The van der Waals surface area contributed by atoms with E-state index in [-0.39, 0.29) is 5.96 Å². The quantitative estimate of drug-likeness (QED) is 0.177. The van der Waals surface area contributed by atoms with E-state index in [1.165, 1.54) is 5.12 Å². The summed E-state index contributed by atoms with van der Waals surface area (Å²) in [5.74, 6) is -0.0119.